The van der Waals surface area contributed by atoms with Crippen molar-refractivity contribution in [3.05, 3.63) is 0 Å². The fourth-order valence-corrected chi connectivity index (χ4v) is 1.30. The molecule has 4 heteroatoms. The minimum atomic E-state index is -2.17. The van der Waals surface area contributed by atoms with Gasteiger partial charge < -0.3 is 9.05 Å². The molecule has 0 spiro atoms. The van der Waals surface area contributed by atoms with Crippen molar-refractivity contribution in [2.75, 3.05) is 13.2 Å². The molecule has 0 fully saturated rings. The highest BCUT2D eigenvalue weighted by Gasteiger charge is 1.95. The van der Waals surface area contributed by atoms with Gasteiger partial charge in [-0.15, -0.1) is 0 Å². The molecule has 0 heterocycles. The van der Waals surface area contributed by atoms with Gasteiger partial charge in [-0.05, 0) is 13.3 Å². The molecule has 0 saturated heterocycles. The third-order valence-electron chi connectivity index (χ3n) is 1.23. The summed E-state index contributed by atoms with van der Waals surface area (Å²) in [6, 6.07) is 0. The third kappa shape index (κ3) is 8.05. The standard InChI is InChI=1S/C7H17O3P/c1-3-5-6-7-10-11(8)9-4-2/h11H,3-7H2,1-2H3. The SMILES string of the molecule is CCCCCO[PH](=O)OCC. The number of rotatable bonds is 7. The van der Waals surface area contributed by atoms with E-state index in [1.165, 1.54) is 0 Å². The summed E-state index contributed by atoms with van der Waals surface area (Å²) in [7, 11) is -2.17. The summed E-state index contributed by atoms with van der Waals surface area (Å²) in [4.78, 5) is 0. The summed E-state index contributed by atoms with van der Waals surface area (Å²) in [5.74, 6) is 0. The van der Waals surface area contributed by atoms with E-state index in [0.717, 1.165) is 19.3 Å². The highest BCUT2D eigenvalue weighted by atomic mass is 31.1. The molecule has 68 valence electrons. The summed E-state index contributed by atoms with van der Waals surface area (Å²) in [5.41, 5.74) is 0. The molecule has 0 aromatic carbocycles. The van der Waals surface area contributed by atoms with Crippen molar-refractivity contribution >= 4 is 8.25 Å². The molecule has 0 saturated carbocycles. The Balaban J connectivity index is 3.04. The first-order valence-electron chi connectivity index (χ1n) is 4.10. The van der Waals surface area contributed by atoms with Gasteiger partial charge in [-0.25, -0.2) is 0 Å². The van der Waals surface area contributed by atoms with Crippen LogP contribution in [0.5, 0.6) is 0 Å². The largest absolute Gasteiger partial charge is 0.319 e. The first-order valence-corrected chi connectivity index (χ1v) is 5.33. The Hall–Kier alpha value is 0.150. The number of unbranched alkanes of at least 4 members (excludes halogenated alkanes) is 2. The minimum absolute atomic E-state index is 0.464. The van der Waals surface area contributed by atoms with E-state index in [9.17, 15) is 4.57 Å². The second kappa shape index (κ2) is 8.25. The van der Waals surface area contributed by atoms with E-state index in [1.807, 2.05) is 0 Å². The predicted octanol–water partition coefficient (Wildman–Crippen LogP) is 2.62. The van der Waals surface area contributed by atoms with E-state index in [1.54, 1.807) is 6.92 Å². The van der Waals surface area contributed by atoms with Gasteiger partial charge in [0.15, 0.2) is 0 Å². The van der Waals surface area contributed by atoms with Crippen molar-refractivity contribution in [3.8, 4) is 0 Å². The Bertz CT molecular complexity index is 106. The molecule has 0 aliphatic carbocycles. The van der Waals surface area contributed by atoms with Crippen LogP contribution in [0.2, 0.25) is 0 Å². The summed E-state index contributed by atoms with van der Waals surface area (Å²) in [6.07, 6.45) is 3.25. The lowest BCUT2D eigenvalue weighted by molar-refractivity contribution is 0.230. The average Bonchev–Trinajstić information content (AvgIpc) is 1.99. The van der Waals surface area contributed by atoms with Gasteiger partial charge >= 0.3 is 8.25 Å². The zero-order valence-electron chi connectivity index (χ0n) is 7.26. The summed E-state index contributed by atoms with van der Waals surface area (Å²) in [5, 5.41) is 0. The Labute approximate surface area is 69.0 Å². The topological polar surface area (TPSA) is 35.5 Å². The number of hydrogen-bond donors (Lipinski definition) is 0. The van der Waals surface area contributed by atoms with Gasteiger partial charge in [0.05, 0.1) is 13.2 Å². The highest BCUT2D eigenvalue weighted by molar-refractivity contribution is 7.33. The molecule has 11 heavy (non-hydrogen) atoms. The zero-order valence-corrected chi connectivity index (χ0v) is 8.26. The lowest BCUT2D eigenvalue weighted by Crippen LogP contribution is -1.88. The van der Waals surface area contributed by atoms with Gasteiger partial charge in [0, 0.05) is 0 Å². The molecule has 0 aromatic heterocycles. The van der Waals surface area contributed by atoms with Gasteiger partial charge in [-0.3, -0.25) is 4.57 Å². The van der Waals surface area contributed by atoms with E-state index < -0.39 is 8.25 Å². The molecule has 0 amide bonds. The van der Waals surface area contributed by atoms with E-state index in [4.69, 9.17) is 9.05 Å². The Kier molecular flexibility index (Phi) is 8.36. The van der Waals surface area contributed by atoms with E-state index in [-0.39, 0.29) is 0 Å². The van der Waals surface area contributed by atoms with Crippen LogP contribution in [-0.4, -0.2) is 13.2 Å². The maximum Gasteiger partial charge on any atom is 0.319 e. The normalized spacial score (nSPS) is 13.3. The van der Waals surface area contributed by atoms with Crippen molar-refractivity contribution in [2.45, 2.75) is 33.1 Å². The van der Waals surface area contributed by atoms with Gasteiger partial charge in [0.25, 0.3) is 0 Å². The molecule has 0 rings (SSSR count). The summed E-state index contributed by atoms with van der Waals surface area (Å²) < 4.78 is 20.4. The van der Waals surface area contributed by atoms with E-state index >= 15 is 0 Å². The van der Waals surface area contributed by atoms with Crippen molar-refractivity contribution in [1.82, 2.24) is 0 Å². The van der Waals surface area contributed by atoms with Crippen LogP contribution in [0.15, 0.2) is 0 Å². The first-order chi connectivity index (χ1) is 5.31. The quantitative estimate of drug-likeness (QED) is 0.446. The maximum atomic E-state index is 10.7. The van der Waals surface area contributed by atoms with Crippen molar-refractivity contribution in [3.63, 3.8) is 0 Å². The molecular weight excluding hydrogens is 163 g/mol. The van der Waals surface area contributed by atoms with Gasteiger partial charge in [-0.1, -0.05) is 19.8 Å². The second-order valence-electron chi connectivity index (χ2n) is 2.24. The van der Waals surface area contributed by atoms with Crippen LogP contribution in [0.3, 0.4) is 0 Å². The van der Waals surface area contributed by atoms with Gasteiger partial charge in [-0.2, -0.15) is 0 Å². The lowest BCUT2D eigenvalue weighted by Gasteiger charge is -2.02. The Morgan fingerprint density at radius 1 is 1.18 bits per heavy atom. The third-order valence-corrected chi connectivity index (χ3v) is 2.19. The Morgan fingerprint density at radius 3 is 2.45 bits per heavy atom. The molecular formula is C7H17O3P. The highest BCUT2D eigenvalue weighted by Crippen LogP contribution is 2.23. The van der Waals surface area contributed by atoms with Crippen molar-refractivity contribution in [2.24, 2.45) is 0 Å². The van der Waals surface area contributed by atoms with Gasteiger partial charge in [0.2, 0.25) is 0 Å². The smallest absolute Gasteiger partial charge is 0.311 e. The van der Waals surface area contributed by atoms with Crippen LogP contribution in [0.25, 0.3) is 0 Å². The fraction of sp³-hybridized carbons (Fsp3) is 1.00. The fourth-order valence-electron chi connectivity index (χ4n) is 0.667. The average molecular weight is 180 g/mol. The molecule has 3 nitrogen and oxygen atoms in total. The predicted molar refractivity (Wildman–Crippen MR) is 46.1 cm³/mol. The lowest BCUT2D eigenvalue weighted by atomic mass is 10.3. The van der Waals surface area contributed by atoms with Crippen molar-refractivity contribution in [1.29, 1.82) is 0 Å². The zero-order chi connectivity index (χ0) is 8.53. The molecule has 0 radical (unpaired) electrons. The molecule has 1 unspecified atom stereocenters. The molecule has 0 bridgehead atoms. The molecule has 0 aliphatic rings. The summed E-state index contributed by atoms with van der Waals surface area (Å²) in [6.45, 7) is 4.95. The van der Waals surface area contributed by atoms with Crippen LogP contribution in [0.1, 0.15) is 33.1 Å². The van der Waals surface area contributed by atoms with E-state index in [2.05, 4.69) is 6.92 Å². The van der Waals surface area contributed by atoms with Gasteiger partial charge in [0.1, 0.15) is 0 Å². The van der Waals surface area contributed by atoms with Crippen LogP contribution >= 0.6 is 8.25 Å². The van der Waals surface area contributed by atoms with Crippen molar-refractivity contribution < 1.29 is 13.6 Å². The van der Waals surface area contributed by atoms with Crippen LogP contribution in [-0.2, 0) is 13.6 Å². The molecule has 0 N–H and O–H groups in total. The molecule has 0 aromatic rings. The van der Waals surface area contributed by atoms with E-state index in [0.29, 0.717) is 13.2 Å². The molecule has 1 atom stereocenters. The first kappa shape index (κ1) is 11.2. The number of hydrogen-bond acceptors (Lipinski definition) is 3. The minimum Gasteiger partial charge on any atom is -0.311 e. The van der Waals surface area contributed by atoms with Crippen LogP contribution in [0.4, 0.5) is 0 Å². The van der Waals surface area contributed by atoms with Crippen LogP contribution in [0, 0.1) is 0 Å². The molecule has 0 aliphatic heterocycles. The Morgan fingerprint density at radius 2 is 1.91 bits per heavy atom. The maximum absolute atomic E-state index is 10.7. The monoisotopic (exact) mass is 180 g/mol. The summed E-state index contributed by atoms with van der Waals surface area (Å²) >= 11 is 0. The second-order valence-corrected chi connectivity index (χ2v) is 3.32. The van der Waals surface area contributed by atoms with Crippen LogP contribution < -0.4 is 0 Å².